The molecule has 4 rings (SSSR count). The number of carbonyl (C=O) groups is 1. The Morgan fingerprint density at radius 1 is 1.04 bits per heavy atom. The van der Waals surface area contributed by atoms with Crippen molar-refractivity contribution in [3.05, 3.63) is 48.2 Å². The maximum atomic E-state index is 13.0. The molecule has 1 unspecified atom stereocenters. The van der Waals surface area contributed by atoms with Crippen molar-refractivity contribution in [2.45, 2.75) is 31.7 Å². The van der Waals surface area contributed by atoms with Gasteiger partial charge in [0.1, 0.15) is 12.1 Å². The average Bonchev–Trinajstić information content (AvgIpc) is 3.34. The van der Waals surface area contributed by atoms with E-state index in [4.69, 9.17) is 0 Å². The predicted octanol–water partition coefficient (Wildman–Crippen LogP) is 2.45. The average molecular weight is 323 g/mol. The standard InChI is InChI=1S/C18H21N5O/c24-18(14-5-8-20-17(12-14)22-9-1-2-10-22)23-11-3-4-16(23)15-6-7-19-13-21-15/h5-8,12-13,16H,1-4,9-11H2. The fourth-order valence-corrected chi connectivity index (χ4v) is 3.65. The highest BCUT2D eigenvalue weighted by Crippen LogP contribution is 2.32. The van der Waals surface area contributed by atoms with E-state index in [0.717, 1.165) is 44.0 Å². The first-order valence-corrected chi connectivity index (χ1v) is 8.61. The zero-order valence-corrected chi connectivity index (χ0v) is 13.6. The Balaban J connectivity index is 1.57. The molecule has 2 aliphatic heterocycles. The number of likely N-dealkylation sites (tertiary alicyclic amines) is 1. The SMILES string of the molecule is O=C(c1ccnc(N2CCCC2)c1)N1CCCC1c1ccncn1. The van der Waals surface area contributed by atoms with E-state index in [9.17, 15) is 4.79 Å². The number of amides is 1. The summed E-state index contributed by atoms with van der Waals surface area (Å²) in [6.45, 7) is 2.82. The summed E-state index contributed by atoms with van der Waals surface area (Å²) in [5.41, 5.74) is 1.64. The molecule has 124 valence electrons. The third kappa shape index (κ3) is 2.84. The molecule has 0 spiro atoms. The van der Waals surface area contributed by atoms with Crippen molar-refractivity contribution in [2.75, 3.05) is 24.5 Å². The summed E-state index contributed by atoms with van der Waals surface area (Å²) in [5.74, 6) is 0.982. The second-order valence-corrected chi connectivity index (χ2v) is 6.39. The first kappa shape index (κ1) is 15.1. The topological polar surface area (TPSA) is 62.2 Å². The highest BCUT2D eigenvalue weighted by molar-refractivity contribution is 5.95. The van der Waals surface area contributed by atoms with E-state index >= 15 is 0 Å². The number of hydrogen-bond donors (Lipinski definition) is 0. The Morgan fingerprint density at radius 3 is 2.71 bits per heavy atom. The third-order valence-electron chi connectivity index (χ3n) is 4.88. The zero-order valence-electron chi connectivity index (χ0n) is 13.6. The lowest BCUT2D eigenvalue weighted by atomic mass is 10.1. The van der Waals surface area contributed by atoms with Gasteiger partial charge in [0.2, 0.25) is 0 Å². The molecule has 0 aromatic carbocycles. The molecule has 2 aromatic heterocycles. The monoisotopic (exact) mass is 323 g/mol. The number of carbonyl (C=O) groups excluding carboxylic acids is 1. The van der Waals surface area contributed by atoms with E-state index in [1.54, 1.807) is 18.7 Å². The van der Waals surface area contributed by atoms with Crippen molar-refractivity contribution in [2.24, 2.45) is 0 Å². The summed E-state index contributed by atoms with van der Waals surface area (Å²) in [6, 6.07) is 5.70. The molecule has 0 N–H and O–H groups in total. The number of hydrogen-bond acceptors (Lipinski definition) is 5. The summed E-state index contributed by atoms with van der Waals surface area (Å²) in [4.78, 5) is 30.0. The van der Waals surface area contributed by atoms with Gasteiger partial charge in [-0.15, -0.1) is 0 Å². The van der Waals surface area contributed by atoms with Crippen LogP contribution in [0.1, 0.15) is 47.8 Å². The molecule has 2 aromatic rings. The predicted molar refractivity (Wildman–Crippen MR) is 90.7 cm³/mol. The van der Waals surface area contributed by atoms with Crippen molar-refractivity contribution < 1.29 is 4.79 Å². The van der Waals surface area contributed by atoms with Gasteiger partial charge in [-0.3, -0.25) is 4.79 Å². The molecule has 6 heteroatoms. The highest BCUT2D eigenvalue weighted by Gasteiger charge is 2.31. The molecule has 1 amide bonds. The molecule has 0 bridgehead atoms. The van der Waals surface area contributed by atoms with Gasteiger partial charge in [0, 0.05) is 37.6 Å². The molecule has 2 aliphatic rings. The van der Waals surface area contributed by atoms with Crippen molar-refractivity contribution >= 4 is 11.7 Å². The summed E-state index contributed by atoms with van der Waals surface area (Å²) >= 11 is 0. The smallest absolute Gasteiger partial charge is 0.254 e. The first-order valence-electron chi connectivity index (χ1n) is 8.61. The van der Waals surface area contributed by atoms with Gasteiger partial charge in [0.25, 0.3) is 5.91 Å². The van der Waals surface area contributed by atoms with E-state index < -0.39 is 0 Å². The van der Waals surface area contributed by atoms with Crippen LogP contribution in [0, 0.1) is 0 Å². The second kappa shape index (κ2) is 6.55. The van der Waals surface area contributed by atoms with E-state index in [0.29, 0.717) is 5.56 Å². The first-order chi connectivity index (χ1) is 11.8. The van der Waals surface area contributed by atoms with Crippen molar-refractivity contribution in [1.82, 2.24) is 19.9 Å². The van der Waals surface area contributed by atoms with Crippen molar-refractivity contribution in [1.29, 1.82) is 0 Å². The number of anilines is 1. The van der Waals surface area contributed by atoms with E-state index in [1.807, 2.05) is 23.1 Å². The lowest BCUT2D eigenvalue weighted by Gasteiger charge is -2.25. The minimum Gasteiger partial charge on any atom is -0.357 e. The van der Waals surface area contributed by atoms with Crippen LogP contribution >= 0.6 is 0 Å². The van der Waals surface area contributed by atoms with Gasteiger partial charge in [-0.2, -0.15) is 0 Å². The minimum atomic E-state index is 0.0453. The lowest BCUT2D eigenvalue weighted by Crippen LogP contribution is -2.31. The van der Waals surface area contributed by atoms with Crippen LogP contribution in [-0.2, 0) is 0 Å². The summed E-state index contributed by atoms with van der Waals surface area (Å²) < 4.78 is 0. The third-order valence-corrected chi connectivity index (χ3v) is 4.88. The van der Waals surface area contributed by atoms with E-state index in [-0.39, 0.29) is 11.9 Å². The van der Waals surface area contributed by atoms with E-state index in [2.05, 4.69) is 19.9 Å². The summed E-state index contributed by atoms with van der Waals surface area (Å²) in [5, 5.41) is 0. The van der Waals surface area contributed by atoms with Gasteiger partial charge in [-0.1, -0.05) is 0 Å². The van der Waals surface area contributed by atoms with E-state index in [1.165, 1.54) is 12.8 Å². The molecule has 2 fully saturated rings. The summed E-state index contributed by atoms with van der Waals surface area (Å²) in [7, 11) is 0. The van der Waals surface area contributed by atoms with Gasteiger partial charge < -0.3 is 9.80 Å². The molecule has 4 heterocycles. The number of pyridine rings is 1. The van der Waals surface area contributed by atoms with Crippen LogP contribution in [0.15, 0.2) is 36.9 Å². The van der Waals surface area contributed by atoms with Crippen molar-refractivity contribution in [3.63, 3.8) is 0 Å². The van der Waals surface area contributed by atoms with Gasteiger partial charge in [-0.05, 0) is 43.9 Å². The van der Waals surface area contributed by atoms with Crippen LogP contribution in [0.25, 0.3) is 0 Å². The van der Waals surface area contributed by atoms with Crippen LogP contribution < -0.4 is 4.90 Å². The molecular formula is C18H21N5O. The van der Waals surface area contributed by atoms with Gasteiger partial charge in [0.15, 0.2) is 0 Å². The quantitative estimate of drug-likeness (QED) is 0.868. The molecule has 6 nitrogen and oxygen atoms in total. The van der Waals surface area contributed by atoms with Gasteiger partial charge >= 0.3 is 0 Å². The van der Waals surface area contributed by atoms with Crippen LogP contribution in [0.5, 0.6) is 0 Å². The fourth-order valence-electron chi connectivity index (χ4n) is 3.65. The molecule has 1 atom stereocenters. The Hall–Kier alpha value is -2.50. The Morgan fingerprint density at radius 2 is 1.92 bits per heavy atom. The molecule has 0 aliphatic carbocycles. The van der Waals surface area contributed by atoms with Gasteiger partial charge in [-0.25, -0.2) is 15.0 Å². The molecule has 0 saturated carbocycles. The Bertz CT molecular complexity index is 714. The van der Waals surface area contributed by atoms with Crippen molar-refractivity contribution in [3.8, 4) is 0 Å². The fraction of sp³-hybridized carbons (Fsp3) is 0.444. The normalized spacial score (nSPS) is 20.6. The van der Waals surface area contributed by atoms with Crippen LogP contribution in [0.2, 0.25) is 0 Å². The molecule has 24 heavy (non-hydrogen) atoms. The maximum Gasteiger partial charge on any atom is 0.254 e. The Kier molecular flexibility index (Phi) is 4.11. The summed E-state index contributed by atoms with van der Waals surface area (Å²) in [6.07, 6.45) is 9.38. The maximum absolute atomic E-state index is 13.0. The highest BCUT2D eigenvalue weighted by atomic mass is 16.2. The zero-order chi connectivity index (χ0) is 16.4. The molecular weight excluding hydrogens is 302 g/mol. The Labute approximate surface area is 141 Å². The number of nitrogens with zero attached hydrogens (tertiary/aromatic N) is 5. The van der Waals surface area contributed by atoms with Crippen LogP contribution in [0.3, 0.4) is 0 Å². The van der Waals surface area contributed by atoms with Crippen LogP contribution in [0.4, 0.5) is 5.82 Å². The molecule has 0 radical (unpaired) electrons. The largest absolute Gasteiger partial charge is 0.357 e. The second-order valence-electron chi connectivity index (χ2n) is 6.39. The lowest BCUT2D eigenvalue weighted by molar-refractivity contribution is 0.0732. The minimum absolute atomic E-state index is 0.0453. The van der Waals surface area contributed by atoms with Crippen LogP contribution in [-0.4, -0.2) is 45.4 Å². The molecule has 2 saturated heterocycles. The number of rotatable bonds is 3. The van der Waals surface area contributed by atoms with Gasteiger partial charge in [0.05, 0.1) is 11.7 Å². The number of aromatic nitrogens is 3.